The van der Waals surface area contributed by atoms with Crippen LogP contribution < -0.4 is 0 Å². The van der Waals surface area contributed by atoms with Crippen LogP contribution in [0, 0.1) is 5.92 Å². The molecule has 1 N–H and O–H groups in total. The molecule has 1 aromatic rings. The second kappa shape index (κ2) is 5.03. The highest BCUT2D eigenvalue weighted by Gasteiger charge is 2.24. The van der Waals surface area contributed by atoms with Gasteiger partial charge in [0.15, 0.2) is 0 Å². The Balaban J connectivity index is 1.68. The summed E-state index contributed by atoms with van der Waals surface area (Å²) in [5.74, 6) is 2.89. The van der Waals surface area contributed by atoms with Gasteiger partial charge in [-0.1, -0.05) is 18.2 Å². The van der Waals surface area contributed by atoms with Crippen LogP contribution >= 0.6 is 11.8 Å². The molecule has 1 nitrogen and oxygen atoms in total. The van der Waals surface area contributed by atoms with Gasteiger partial charge in [-0.3, -0.25) is 0 Å². The molecule has 2 aliphatic rings. The minimum absolute atomic E-state index is 0.135. The molecule has 1 fully saturated rings. The minimum atomic E-state index is -0.135. The smallest absolute Gasteiger partial charge is 0.0616 e. The first kappa shape index (κ1) is 11.6. The van der Waals surface area contributed by atoms with Crippen molar-refractivity contribution in [3.8, 4) is 0 Å². The second-order valence-corrected chi connectivity index (χ2v) is 6.50. The quantitative estimate of drug-likeness (QED) is 0.887. The summed E-state index contributed by atoms with van der Waals surface area (Å²) < 4.78 is 0. The molecule has 1 aliphatic heterocycles. The lowest BCUT2D eigenvalue weighted by atomic mass is 9.94. The van der Waals surface area contributed by atoms with E-state index in [2.05, 4.69) is 18.2 Å². The normalized spacial score (nSPS) is 24.9. The number of hydrogen-bond acceptors (Lipinski definition) is 2. The molecule has 0 radical (unpaired) electrons. The van der Waals surface area contributed by atoms with Gasteiger partial charge in [-0.05, 0) is 66.2 Å². The largest absolute Gasteiger partial charge is 0.392 e. The molecular weight excluding hydrogens is 228 g/mol. The Morgan fingerprint density at radius 1 is 1.29 bits per heavy atom. The van der Waals surface area contributed by atoms with Crippen LogP contribution in [0.3, 0.4) is 0 Å². The lowest BCUT2D eigenvalue weighted by Gasteiger charge is -2.17. The number of fused-ring (bicyclic) bond motifs is 1. The average molecular weight is 248 g/mol. The Morgan fingerprint density at radius 3 is 3.00 bits per heavy atom. The second-order valence-electron chi connectivity index (χ2n) is 5.35. The highest BCUT2D eigenvalue weighted by Crippen LogP contribution is 2.29. The Hall–Kier alpha value is -0.470. The molecule has 1 heterocycles. The average Bonchev–Trinajstić information content (AvgIpc) is 2.99. The molecule has 0 aromatic heterocycles. The molecule has 2 heteroatoms. The van der Waals surface area contributed by atoms with Crippen LogP contribution in [0.2, 0.25) is 0 Å². The first-order valence-electron chi connectivity index (χ1n) is 6.69. The Morgan fingerprint density at radius 2 is 2.18 bits per heavy atom. The number of hydrogen-bond donors (Lipinski definition) is 1. The lowest BCUT2D eigenvalue weighted by Crippen LogP contribution is -2.22. The Labute approximate surface area is 108 Å². The SMILES string of the molecule is OC(Cc1ccc2c(c1)CCC2)C1CCSC1. The van der Waals surface area contributed by atoms with Gasteiger partial charge >= 0.3 is 0 Å². The fourth-order valence-electron chi connectivity index (χ4n) is 3.02. The summed E-state index contributed by atoms with van der Waals surface area (Å²) in [6.07, 6.45) is 5.69. The van der Waals surface area contributed by atoms with E-state index in [1.54, 1.807) is 0 Å². The molecule has 0 saturated carbocycles. The van der Waals surface area contributed by atoms with Crippen molar-refractivity contribution in [1.29, 1.82) is 0 Å². The van der Waals surface area contributed by atoms with E-state index in [0.29, 0.717) is 5.92 Å². The third kappa shape index (κ3) is 2.53. The molecule has 1 aromatic carbocycles. The van der Waals surface area contributed by atoms with Crippen molar-refractivity contribution in [3.63, 3.8) is 0 Å². The minimum Gasteiger partial charge on any atom is -0.392 e. The molecule has 2 unspecified atom stereocenters. The van der Waals surface area contributed by atoms with E-state index in [-0.39, 0.29) is 6.10 Å². The first-order valence-corrected chi connectivity index (χ1v) is 7.85. The molecule has 0 bridgehead atoms. The van der Waals surface area contributed by atoms with Crippen LogP contribution in [0.15, 0.2) is 18.2 Å². The van der Waals surface area contributed by atoms with Crippen molar-refractivity contribution >= 4 is 11.8 Å². The van der Waals surface area contributed by atoms with Gasteiger partial charge < -0.3 is 5.11 Å². The third-order valence-electron chi connectivity index (χ3n) is 4.12. The van der Waals surface area contributed by atoms with Crippen molar-refractivity contribution in [2.24, 2.45) is 5.92 Å². The highest BCUT2D eigenvalue weighted by molar-refractivity contribution is 7.99. The van der Waals surface area contributed by atoms with Crippen molar-refractivity contribution < 1.29 is 5.11 Å². The molecule has 92 valence electrons. The van der Waals surface area contributed by atoms with Gasteiger partial charge in [0.2, 0.25) is 0 Å². The van der Waals surface area contributed by atoms with Crippen LogP contribution in [0.4, 0.5) is 0 Å². The zero-order valence-corrected chi connectivity index (χ0v) is 11.0. The van der Waals surface area contributed by atoms with Crippen molar-refractivity contribution in [2.75, 3.05) is 11.5 Å². The standard InChI is InChI=1S/C15H20OS/c16-15(14-6-7-17-10-14)9-11-4-5-12-2-1-3-13(12)8-11/h4-5,8,14-16H,1-3,6-7,9-10H2. The Kier molecular flexibility index (Phi) is 3.44. The third-order valence-corrected chi connectivity index (χ3v) is 5.31. The van der Waals surface area contributed by atoms with Crippen molar-refractivity contribution in [1.82, 2.24) is 0 Å². The van der Waals surface area contributed by atoms with Crippen molar-refractivity contribution in [2.45, 2.75) is 38.2 Å². The van der Waals surface area contributed by atoms with Gasteiger partial charge in [-0.25, -0.2) is 0 Å². The molecule has 0 amide bonds. The van der Waals surface area contributed by atoms with Gasteiger partial charge in [0, 0.05) is 0 Å². The summed E-state index contributed by atoms with van der Waals surface area (Å²) in [6.45, 7) is 0. The van der Waals surface area contributed by atoms with Crippen LogP contribution in [0.5, 0.6) is 0 Å². The fourth-order valence-corrected chi connectivity index (χ4v) is 4.34. The number of aryl methyl sites for hydroxylation is 2. The molecule has 3 rings (SSSR count). The summed E-state index contributed by atoms with van der Waals surface area (Å²) in [7, 11) is 0. The van der Waals surface area contributed by atoms with E-state index in [1.807, 2.05) is 11.8 Å². The first-order chi connectivity index (χ1) is 8.33. The summed E-state index contributed by atoms with van der Waals surface area (Å²) >= 11 is 1.98. The summed E-state index contributed by atoms with van der Waals surface area (Å²) in [6, 6.07) is 6.82. The number of thioether (sulfide) groups is 1. The molecule has 1 saturated heterocycles. The summed E-state index contributed by atoms with van der Waals surface area (Å²) in [5.41, 5.74) is 4.38. The predicted molar refractivity (Wildman–Crippen MR) is 73.6 cm³/mol. The lowest BCUT2D eigenvalue weighted by molar-refractivity contribution is 0.120. The number of aliphatic hydroxyl groups is 1. The van der Waals surface area contributed by atoms with E-state index in [1.165, 1.54) is 48.1 Å². The number of aliphatic hydroxyl groups excluding tert-OH is 1. The van der Waals surface area contributed by atoms with Crippen LogP contribution in [-0.2, 0) is 19.3 Å². The topological polar surface area (TPSA) is 20.2 Å². The zero-order valence-electron chi connectivity index (χ0n) is 10.2. The molecule has 1 aliphatic carbocycles. The van der Waals surface area contributed by atoms with Gasteiger partial charge in [0.25, 0.3) is 0 Å². The highest BCUT2D eigenvalue weighted by atomic mass is 32.2. The van der Waals surface area contributed by atoms with Crippen LogP contribution in [0.1, 0.15) is 29.5 Å². The predicted octanol–water partition coefficient (Wildman–Crippen LogP) is 2.83. The Bertz CT molecular complexity index is 396. The summed E-state index contributed by atoms with van der Waals surface area (Å²) in [4.78, 5) is 0. The summed E-state index contributed by atoms with van der Waals surface area (Å²) in [5, 5.41) is 10.2. The van der Waals surface area contributed by atoms with Gasteiger partial charge in [0.1, 0.15) is 0 Å². The van der Waals surface area contributed by atoms with E-state index < -0.39 is 0 Å². The van der Waals surface area contributed by atoms with E-state index in [0.717, 1.165) is 12.2 Å². The maximum atomic E-state index is 10.2. The molecule has 2 atom stereocenters. The molecule has 17 heavy (non-hydrogen) atoms. The fraction of sp³-hybridized carbons (Fsp3) is 0.600. The van der Waals surface area contributed by atoms with Gasteiger partial charge in [0.05, 0.1) is 6.10 Å². The molecular formula is C15H20OS. The van der Waals surface area contributed by atoms with Gasteiger partial charge in [-0.15, -0.1) is 0 Å². The van der Waals surface area contributed by atoms with Gasteiger partial charge in [-0.2, -0.15) is 11.8 Å². The van der Waals surface area contributed by atoms with E-state index in [9.17, 15) is 5.11 Å². The molecule has 0 spiro atoms. The van der Waals surface area contributed by atoms with Crippen LogP contribution in [-0.4, -0.2) is 22.7 Å². The van der Waals surface area contributed by atoms with E-state index >= 15 is 0 Å². The van der Waals surface area contributed by atoms with Crippen molar-refractivity contribution in [3.05, 3.63) is 34.9 Å². The van der Waals surface area contributed by atoms with E-state index in [4.69, 9.17) is 0 Å². The monoisotopic (exact) mass is 248 g/mol. The zero-order chi connectivity index (χ0) is 11.7. The maximum Gasteiger partial charge on any atom is 0.0616 e. The number of benzene rings is 1. The van der Waals surface area contributed by atoms with Crippen LogP contribution in [0.25, 0.3) is 0 Å². The maximum absolute atomic E-state index is 10.2. The number of rotatable bonds is 3.